The van der Waals surface area contributed by atoms with Crippen molar-refractivity contribution in [3.8, 4) is 0 Å². The first kappa shape index (κ1) is 12.5. The molecule has 0 bridgehead atoms. The largest absolute Gasteiger partial charge is 0.339 e. The minimum Gasteiger partial charge on any atom is -0.339 e. The number of fused-ring (bicyclic) bond motifs is 2. The van der Waals surface area contributed by atoms with Crippen LogP contribution in [0.4, 0.5) is 0 Å². The number of alkyl halides is 2. The fourth-order valence-corrected chi connectivity index (χ4v) is 5.06. The number of rotatable bonds is 2. The van der Waals surface area contributed by atoms with Crippen LogP contribution in [0, 0.1) is 23.7 Å². The predicted molar refractivity (Wildman–Crippen MR) is 73.3 cm³/mol. The number of nitrogens with zero attached hydrogens (tertiary/aromatic N) is 2. The summed E-state index contributed by atoms with van der Waals surface area (Å²) < 4.78 is 4.99. The maximum atomic E-state index is 6.32. The molecule has 3 nitrogen and oxygen atoms in total. The lowest BCUT2D eigenvalue weighted by atomic mass is 10.0. The molecule has 3 aliphatic rings. The second-order valence-corrected chi connectivity index (χ2v) is 7.74. The van der Waals surface area contributed by atoms with Crippen LogP contribution in [-0.2, 0) is 6.42 Å². The summed E-state index contributed by atoms with van der Waals surface area (Å²) in [6.07, 6.45) is 5.58. The summed E-state index contributed by atoms with van der Waals surface area (Å²) in [5, 5.41) is 4.02. The Labute approximate surface area is 123 Å². The van der Waals surface area contributed by atoms with Gasteiger partial charge in [-0.1, -0.05) is 12.1 Å². The van der Waals surface area contributed by atoms with Crippen molar-refractivity contribution in [2.24, 2.45) is 23.7 Å². The lowest BCUT2D eigenvalue weighted by Crippen LogP contribution is -1.93. The van der Waals surface area contributed by atoms with Crippen LogP contribution in [0.2, 0.25) is 0 Å². The van der Waals surface area contributed by atoms with Crippen molar-refractivity contribution >= 4 is 23.2 Å². The average molecular weight is 301 g/mol. The molecule has 0 saturated heterocycles. The fourth-order valence-electron chi connectivity index (χ4n) is 4.14. The van der Waals surface area contributed by atoms with Gasteiger partial charge < -0.3 is 4.52 Å². The van der Waals surface area contributed by atoms with Gasteiger partial charge in [-0.15, -0.1) is 23.2 Å². The molecule has 0 N–H and O–H groups in total. The summed E-state index contributed by atoms with van der Waals surface area (Å²) in [5.41, 5.74) is 0. The van der Waals surface area contributed by atoms with Crippen molar-refractivity contribution in [2.75, 3.05) is 0 Å². The number of aryl methyl sites for hydroxylation is 1. The van der Waals surface area contributed by atoms with Crippen molar-refractivity contribution in [1.82, 2.24) is 10.1 Å². The van der Waals surface area contributed by atoms with Crippen LogP contribution < -0.4 is 0 Å². The van der Waals surface area contributed by atoms with E-state index >= 15 is 0 Å². The van der Waals surface area contributed by atoms with E-state index in [0.717, 1.165) is 42.8 Å². The van der Waals surface area contributed by atoms with Crippen molar-refractivity contribution in [1.29, 1.82) is 0 Å². The van der Waals surface area contributed by atoms with Gasteiger partial charge in [-0.3, -0.25) is 0 Å². The zero-order chi connectivity index (χ0) is 13.2. The first-order valence-electron chi connectivity index (χ1n) is 7.33. The van der Waals surface area contributed by atoms with E-state index in [1.165, 1.54) is 12.8 Å². The van der Waals surface area contributed by atoms with E-state index < -0.39 is 4.33 Å². The van der Waals surface area contributed by atoms with Crippen LogP contribution in [0.15, 0.2) is 4.52 Å². The van der Waals surface area contributed by atoms with Gasteiger partial charge in [0.2, 0.25) is 5.89 Å². The molecule has 0 aliphatic heterocycles. The molecule has 0 aromatic carbocycles. The summed E-state index contributed by atoms with van der Waals surface area (Å²) in [6.45, 7) is 2.05. The van der Waals surface area contributed by atoms with E-state index in [2.05, 4.69) is 17.1 Å². The first-order chi connectivity index (χ1) is 9.13. The standard InChI is InChI=1S/C14H18Cl2N2O/c1-2-11-17-13(19-18-11)12-7-3-5-9-10(14(9,15)16)6-4-8(7)12/h7-10,12H,2-6H2,1H3/t7-,8-,9-,10+,12?/m1/s1. The summed E-state index contributed by atoms with van der Waals surface area (Å²) in [5.74, 6) is 4.68. The highest BCUT2D eigenvalue weighted by Gasteiger charge is 2.65. The second-order valence-electron chi connectivity index (χ2n) is 6.30. The number of aromatic nitrogens is 2. The van der Waals surface area contributed by atoms with Crippen LogP contribution in [0.25, 0.3) is 0 Å². The molecule has 1 aromatic rings. The predicted octanol–water partition coefficient (Wildman–Crippen LogP) is 3.96. The Hall–Kier alpha value is -0.280. The minimum atomic E-state index is -0.424. The lowest BCUT2D eigenvalue weighted by Gasteiger charge is -2.03. The van der Waals surface area contributed by atoms with Crippen molar-refractivity contribution < 1.29 is 4.52 Å². The third-order valence-corrected chi connectivity index (χ3v) is 6.53. The van der Waals surface area contributed by atoms with Crippen LogP contribution in [-0.4, -0.2) is 14.5 Å². The topological polar surface area (TPSA) is 38.9 Å². The van der Waals surface area contributed by atoms with Crippen LogP contribution in [0.5, 0.6) is 0 Å². The van der Waals surface area contributed by atoms with Gasteiger partial charge in [0, 0.05) is 12.3 Å². The number of hydrogen-bond donors (Lipinski definition) is 0. The molecule has 4 rings (SSSR count). The SMILES string of the molecule is CCc1noc(C2[C@@H]3CC[C@@H]4[C@H](CC[C@@H]23)C4(Cl)Cl)n1. The molecule has 5 heteroatoms. The fraction of sp³-hybridized carbons (Fsp3) is 0.857. The van der Waals surface area contributed by atoms with Gasteiger partial charge in [0.1, 0.15) is 4.33 Å². The Morgan fingerprint density at radius 1 is 1.16 bits per heavy atom. The van der Waals surface area contributed by atoms with Gasteiger partial charge in [0.15, 0.2) is 5.82 Å². The van der Waals surface area contributed by atoms with Gasteiger partial charge in [0.05, 0.1) is 0 Å². The Morgan fingerprint density at radius 2 is 1.79 bits per heavy atom. The normalized spacial score (nSPS) is 42.8. The quantitative estimate of drug-likeness (QED) is 0.776. The highest BCUT2D eigenvalue weighted by molar-refractivity contribution is 6.51. The Balaban J connectivity index is 1.46. The molecule has 3 saturated carbocycles. The van der Waals surface area contributed by atoms with Gasteiger partial charge >= 0.3 is 0 Å². The average Bonchev–Trinajstić information content (AvgIpc) is 3.04. The Kier molecular flexibility index (Phi) is 2.69. The molecule has 104 valence electrons. The summed E-state index contributed by atoms with van der Waals surface area (Å²) >= 11 is 12.6. The van der Waals surface area contributed by atoms with E-state index in [4.69, 9.17) is 27.7 Å². The molecule has 5 atom stereocenters. The minimum absolute atomic E-state index is 0.424. The Bertz CT molecular complexity index is 479. The maximum Gasteiger partial charge on any atom is 0.230 e. The third-order valence-electron chi connectivity index (χ3n) is 5.40. The molecule has 0 amide bonds. The molecule has 1 aromatic heterocycles. The lowest BCUT2D eigenvalue weighted by molar-refractivity contribution is 0.366. The smallest absolute Gasteiger partial charge is 0.230 e. The maximum absolute atomic E-state index is 6.32. The molecule has 0 radical (unpaired) electrons. The molecule has 3 fully saturated rings. The monoisotopic (exact) mass is 300 g/mol. The molecule has 19 heavy (non-hydrogen) atoms. The summed E-state index contributed by atoms with van der Waals surface area (Å²) in [4.78, 5) is 4.51. The number of hydrogen-bond acceptors (Lipinski definition) is 3. The van der Waals surface area contributed by atoms with Crippen molar-refractivity contribution in [3.63, 3.8) is 0 Å². The highest BCUT2D eigenvalue weighted by atomic mass is 35.5. The first-order valence-corrected chi connectivity index (χ1v) is 8.08. The molecular weight excluding hydrogens is 283 g/mol. The molecular formula is C14H18Cl2N2O. The highest BCUT2D eigenvalue weighted by Crippen LogP contribution is 2.69. The third kappa shape index (κ3) is 1.84. The summed E-state index contributed by atoms with van der Waals surface area (Å²) in [6, 6.07) is 0. The van der Waals surface area contributed by atoms with Crippen LogP contribution >= 0.6 is 23.2 Å². The van der Waals surface area contributed by atoms with Crippen LogP contribution in [0.1, 0.15) is 50.2 Å². The van der Waals surface area contributed by atoms with Crippen molar-refractivity contribution in [2.45, 2.75) is 49.3 Å². The molecule has 1 heterocycles. The zero-order valence-corrected chi connectivity index (χ0v) is 12.5. The summed E-state index contributed by atoms with van der Waals surface area (Å²) in [7, 11) is 0. The molecule has 3 aliphatic carbocycles. The van der Waals surface area contributed by atoms with E-state index in [9.17, 15) is 0 Å². The Morgan fingerprint density at radius 3 is 2.32 bits per heavy atom. The zero-order valence-electron chi connectivity index (χ0n) is 11.0. The van der Waals surface area contributed by atoms with Crippen molar-refractivity contribution in [3.05, 3.63) is 11.7 Å². The van der Waals surface area contributed by atoms with E-state index in [1.54, 1.807) is 0 Å². The van der Waals surface area contributed by atoms with E-state index in [-0.39, 0.29) is 0 Å². The number of halogens is 2. The van der Waals surface area contributed by atoms with Crippen LogP contribution in [0.3, 0.4) is 0 Å². The molecule has 0 spiro atoms. The second kappa shape index (κ2) is 4.11. The molecule has 1 unspecified atom stereocenters. The van der Waals surface area contributed by atoms with Gasteiger partial charge in [-0.2, -0.15) is 4.98 Å². The van der Waals surface area contributed by atoms with Gasteiger partial charge in [-0.25, -0.2) is 0 Å². The van der Waals surface area contributed by atoms with Gasteiger partial charge in [0.25, 0.3) is 0 Å². The van der Waals surface area contributed by atoms with E-state index in [0.29, 0.717) is 17.8 Å². The van der Waals surface area contributed by atoms with Gasteiger partial charge in [-0.05, 0) is 49.4 Å². The van der Waals surface area contributed by atoms with E-state index in [1.807, 2.05) is 0 Å².